The van der Waals surface area contributed by atoms with E-state index in [1.165, 1.54) is 22.3 Å². The lowest BCUT2D eigenvalue weighted by Gasteiger charge is -2.10. The Kier molecular flexibility index (Phi) is 3.55. The van der Waals surface area contributed by atoms with E-state index >= 15 is 0 Å². The average Bonchev–Trinajstić information content (AvgIpc) is 2.39. The number of nitrogens with zero attached hydrogens (tertiary/aromatic N) is 1. The second-order valence-electron chi connectivity index (χ2n) is 4.33. The molecule has 0 spiro atoms. The number of nitrogens with two attached hydrogens (primary N) is 1. The van der Waals surface area contributed by atoms with Crippen LogP contribution in [0.4, 0.5) is 0 Å². The third kappa shape index (κ3) is 2.53. The van der Waals surface area contributed by atoms with Crippen LogP contribution in [0.3, 0.4) is 0 Å². The first kappa shape index (κ1) is 11.8. The highest BCUT2D eigenvalue weighted by atomic mass is 14.6. The van der Waals surface area contributed by atoms with Crippen molar-refractivity contribution < 1.29 is 0 Å². The Hall–Kier alpha value is -1.67. The molecule has 0 aliphatic rings. The number of benzene rings is 1. The van der Waals surface area contributed by atoms with Gasteiger partial charge in [-0.3, -0.25) is 4.98 Å². The van der Waals surface area contributed by atoms with Crippen molar-refractivity contribution in [3.05, 3.63) is 53.9 Å². The van der Waals surface area contributed by atoms with E-state index in [2.05, 4.69) is 43.1 Å². The van der Waals surface area contributed by atoms with E-state index in [0.29, 0.717) is 0 Å². The van der Waals surface area contributed by atoms with Gasteiger partial charge < -0.3 is 5.73 Å². The van der Waals surface area contributed by atoms with Crippen LogP contribution < -0.4 is 5.73 Å². The van der Waals surface area contributed by atoms with Crippen LogP contribution in [0, 0.1) is 6.92 Å². The van der Waals surface area contributed by atoms with Gasteiger partial charge in [0.2, 0.25) is 0 Å². The highest BCUT2D eigenvalue weighted by Crippen LogP contribution is 2.24. The summed E-state index contributed by atoms with van der Waals surface area (Å²) in [5.41, 5.74) is 10.8. The van der Waals surface area contributed by atoms with Crippen LogP contribution in [-0.4, -0.2) is 4.98 Å². The average molecular weight is 226 g/mol. The summed E-state index contributed by atoms with van der Waals surface area (Å²) in [4.78, 5) is 4.11. The Morgan fingerprint density at radius 2 is 1.88 bits per heavy atom. The minimum absolute atomic E-state index is 0.141. The molecule has 1 atom stereocenters. The van der Waals surface area contributed by atoms with Crippen molar-refractivity contribution in [2.24, 2.45) is 5.73 Å². The van der Waals surface area contributed by atoms with E-state index in [1.807, 2.05) is 18.5 Å². The number of pyridine rings is 1. The number of aromatic nitrogens is 1. The van der Waals surface area contributed by atoms with Gasteiger partial charge in [-0.2, -0.15) is 0 Å². The van der Waals surface area contributed by atoms with Crippen LogP contribution >= 0.6 is 0 Å². The molecule has 1 aromatic carbocycles. The van der Waals surface area contributed by atoms with E-state index in [9.17, 15) is 0 Å². The largest absolute Gasteiger partial charge is 0.324 e. The van der Waals surface area contributed by atoms with Gasteiger partial charge in [-0.05, 0) is 41.7 Å². The lowest BCUT2D eigenvalue weighted by molar-refractivity contribution is 0.699. The SMILES string of the molecule is CCC(N)c1ccc(-c2ccncc2C)cc1. The lowest BCUT2D eigenvalue weighted by atomic mass is 9.98. The zero-order chi connectivity index (χ0) is 12.3. The number of aryl methyl sites for hydroxylation is 1. The van der Waals surface area contributed by atoms with E-state index in [1.54, 1.807) is 0 Å². The maximum Gasteiger partial charge on any atom is 0.0303 e. The van der Waals surface area contributed by atoms with Gasteiger partial charge in [0.25, 0.3) is 0 Å². The predicted octanol–water partition coefficient (Wildman–Crippen LogP) is 3.47. The number of hydrogen-bond donors (Lipinski definition) is 1. The van der Waals surface area contributed by atoms with Crippen LogP contribution in [0.25, 0.3) is 11.1 Å². The molecular formula is C15H18N2. The quantitative estimate of drug-likeness (QED) is 0.870. The fourth-order valence-electron chi connectivity index (χ4n) is 1.94. The molecule has 2 N–H and O–H groups in total. The molecule has 0 amide bonds. The minimum Gasteiger partial charge on any atom is -0.324 e. The molecule has 2 aromatic rings. The van der Waals surface area contributed by atoms with Crippen molar-refractivity contribution in [1.29, 1.82) is 0 Å². The van der Waals surface area contributed by atoms with Crippen LogP contribution in [-0.2, 0) is 0 Å². The second-order valence-corrected chi connectivity index (χ2v) is 4.33. The molecule has 17 heavy (non-hydrogen) atoms. The van der Waals surface area contributed by atoms with Crippen LogP contribution in [0.15, 0.2) is 42.7 Å². The van der Waals surface area contributed by atoms with Gasteiger partial charge in [0, 0.05) is 18.4 Å². The van der Waals surface area contributed by atoms with Crippen molar-refractivity contribution in [3.8, 4) is 11.1 Å². The maximum absolute atomic E-state index is 6.00. The molecule has 0 bridgehead atoms. The molecule has 2 heteroatoms. The van der Waals surface area contributed by atoms with E-state index < -0.39 is 0 Å². The van der Waals surface area contributed by atoms with Crippen molar-refractivity contribution in [2.75, 3.05) is 0 Å². The third-order valence-corrected chi connectivity index (χ3v) is 3.11. The summed E-state index contributed by atoms with van der Waals surface area (Å²) in [5, 5.41) is 0. The first-order valence-electron chi connectivity index (χ1n) is 5.99. The topological polar surface area (TPSA) is 38.9 Å². The fourth-order valence-corrected chi connectivity index (χ4v) is 1.94. The smallest absolute Gasteiger partial charge is 0.0303 e. The third-order valence-electron chi connectivity index (χ3n) is 3.11. The zero-order valence-corrected chi connectivity index (χ0v) is 10.4. The Labute approximate surface area is 103 Å². The van der Waals surface area contributed by atoms with Crippen LogP contribution in [0.5, 0.6) is 0 Å². The summed E-state index contributed by atoms with van der Waals surface area (Å²) < 4.78 is 0. The summed E-state index contributed by atoms with van der Waals surface area (Å²) >= 11 is 0. The molecule has 0 aliphatic carbocycles. The molecule has 0 saturated carbocycles. The normalized spacial score (nSPS) is 12.4. The summed E-state index contributed by atoms with van der Waals surface area (Å²) in [7, 11) is 0. The van der Waals surface area contributed by atoms with E-state index in [4.69, 9.17) is 5.73 Å². The van der Waals surface area contributed by atoms with E-state index in [-0.39, 0.29) is 6.04 Å². The number of hydrogen-bond acceptors (Lipinski definition) is 2. The molecule has 1 heterocycles. The van der Waals surface area contributed by atoms with Gasteiger partial charge in [-0.1, -0.05) is 31.2 Å². The van der Waals surface area contributed by atoms with Gasteiger partial charge in [0.05, 0.1) is 0 Å². The lowest BCUT2D eigenvalue weighted by Crippen LogP contribution is -2.08. The van der Waals surface area contributed by atoms with Gasteiger partial charge in [0.1, 0.15) is 0 Å². The molecular weight excluding hydrogens is 208 g/mol. The standard InChI is InChI=1S/C15H18N2/c1-3-15(16)13-6-4-12(5-7-13)14-8-9-17-10-11(14)2/h4-10,15H,3,16H2,1-2H3. The Morgan fingerprint density at radius 1 is 1.18 bits per heavy atom. The number of rotatable bonds is 3. The highest BCUT2D eigenvalue weighted by molar-refractivity contribution is 5.66. The second kappa shape index (κ2) is 5.11. The molecule has 0 fully saturated rings. The first-order chi connectivity index (χ1) is 8.22. The molecule has 1 aromatic heterocycles. The van der Waals surface area contributed by atoms with Gasteiger partial charge in [-0.25, -0.2) is 0 Å². The first-order valence-corrected chi connectivity index (χ1v) is 5.99. The van der Waals surface area contributed by atoms with Crippen molar-refractivity contribution in [1.82, 2.24) is 4.98 Å². The van der Waals surface area contributed by atoms with Crippen LogP contribution in [0.2, 0.25) is 0 Å². The van der Waals surface area contributed by atoms with E-state index in [0.717, 1.165) is 6.42 Å². The van der Waals surface area contributed by atoms with Crippen molar-refractivity contribution in [3.63, 3.8) is 0 Å². The molecule has 0 aliphatic heterocycles. The molecule has 1 unspecified atom stereocenters. The minimum atomic E-state index is 0.141. The predicted molar refractivity (Wildman–Crippen MR) is 71.6 cm³/mol. The molecule has 0 saturated heterocycles. The molecule has 2 rings (SSSR count). The highest BCUT2D eigenvalue weighted by Gasteiger charge is 2.05. The van der Waals surface area contributed by atoms with Crippen LogP contribution in [0.1, 0.15) is 30.5 Å². The maximum atomic E-state index is 6.00. The molecule has 0 radical (unpaired) electrons. The fraction of sp³-hybridized carbons (Fsp3) is 0.267. The van der Waals surface area contributed by atoms with Crippen molar-refractivity contribution >= 4 is 0 Å². The summed E-state index contributed by atoms with van der Waals surface area (Å²) in [6.45, 7) is 4.18. The summed E-state index contributed by atoms with van der Waals surface area (Å²) in [6.07, 6.45) is 4.68. The Bertz CT molecular complexity index is 489. The van der Waals surface area contributed by atoms with Gasteiger partial charge in [0.15, 0.2) is 0 Å². The monoisotopic (exact) mass is 226 g/mol. The molecule has 88 valence electrons. The summed E-state index contributed by atoms with van der Waals surface area (Å²) in [5.74, 6) is 0. The Morgan fingerprint density at radius 3 is 2.47 bits per heavy atom. The van der Waals surface area contributed by atoms with Gasteiger partial charge >= 0.3 is 0 Å². The van der Waals surface area contributed by atoms with Crippen molar-refractivity contribution in [2.45, 2.75) is 26.3 Å². The van der Waals surface area contributed by atoms with Gasteiger partial charge in [-0.15, -0.1) is 0 Å². The zero-order valence-electron chi connectivity index (χ0n) is 10.4. The summed E-state index contributed by atoms with van der Waals surface area (Å²) in [6, 6.07) is 10.7. The molecule has 2 nitrogen and oxygen atoms in total. The Balaban J connectivity index is 2.33.